The highest BCUT2D eigenvalue weighted by molar-refractivity contribution is 7.79. The van der Waals surface area contributed by atoms with E-state index in [1.807, 2.05) is 37.4 Å². The van der Waals surface area contributed by atoms with Crippen LogP contribution >= 0.6 is 24.0 Å². The van der Waals surface area contributed by atoms with Gasteiger partial charge in [0.1, 0.15) is 11.5 Å². The maximum atomic E-state index is 5.32. The number of thiazole rings is 1. The van der Waals surface area contributed by atoms with E-state index in [1.54, 1.807) is 38.0 Å². The van der Waals surface area contributed by atoms with E-state index >= 15 is 0 Å². The molecule has 0 unspecified atom stereocenters. The standard InChI is InChI=1S/C12H14N2O2S.C2H6.CH4S/c1-15-10-4-3-9(11(7-10)16-2)8-14-12-13-5-6-17-12;2*1-2/h3-7H,8H2,1-2H3,(H,13,14);1-2H3;2H,1H3. The summed E-state index contributed by atoms with van der Waals surface area (Å²) >= 11 is 5.10. The van der Waals surface area contributed by atoms with Gasteiger partial charge in [0.25, 0.3) is 0 Å². The third kappa shape index (κ3) is 6.73. The van der Waals surface area contributed by atoms with Gasteiger partial charge < -0.3 is 14.8 Å². The highest BCUT2D eigenvalue weighted by Crippen LogP contribution is 2.25. The van der Waals surface area contributed by atoms with E-state index in [-0.39, 0.29) is 0 Å². The monoisotopic (exact) mass is 328 g/mol. The van der Waals surface area contributed by atoms with E-state index in [0.717, 1.165) is 22.2 Å². The highest BCUT2D eigenvalue weighted by atomic mass is 32.1. The number of anilines is 1. The number of hydrogen-bond acceptors (Lipinski definition) is 6. The molecule has 0 saturated heterocycles. The van der Waals surface area contributed by atoms with Gasteiger partial charge in [-0.15, -0.1) is 11.3 Å². The SMILES string of the molecule is CC.COc1ccc(CNc2nccs2)c(OC)c1.CS. The van der Waals surface area contributed by atoms with Crippen molar-refractivity contribution >= 4 is 29.1 Å². The summed E-state index contributed by atoms with van der Waals surface area (Å²) in [7, 11) is 3.30. The first-order chi connectivity index (χ1) is 10.3. The smallest absolute Gasteiger partial charge is 0.182 e. The van der Waals surface area contributed by atoms with E-state index < -0.39 is 0 Å². The number of rotatable bonds is 5. The minimum absolute atomic E-state index is 0.681. The van der Waals surface area contributed by atoms with Gasteiger partial charge >= 0.3 is 0 Å². The molecule has 0 fully saturated rings. The fourth-order valence-electron chi connectivity index (χ4n) is 1.48. The fourth-order valence-corrected chi connectivity index (χ4v) is 2.01. The molecule has 118 valence electrons. The minimum Gasteiger partial charge on any atom is -0.497 e. The van der Waals surface area contributed by atoms with E-state index in [2.05, 4.69) is 22.9 Å². The van der Waals surface area contributed by atoms with Crippen LogP contribution in [0.4, 0.5) is 5.13 Å². The molecular weight excluding hydrogens is 304 g/mol. The number of ether oxygens (including phenoxy) is 2. The number of nitrogens with zero attached hydrogens (tertiary/aromatic N) is 1. The van der Waals surface area contributed by atoms with Gasteiger partial charge in [-0.3, -0.25) is 0 Å². The highest BCUT2D eigenvalue weighted by Gasteiger charge is 2.05. The van der Waals surface area contributed by atoms with Crippen LogP contribution in [0.3, 0.4) is 0 Å². The summed E-state index contributed by atoms with van der Waals surface area (Å²) in [6.07, 6.45) is 3.47. The summed E-state index contributed by atoms with van der Waals surface area (Å²) in [5, 5.41) is 6.08. The summed E-state index contributed by atoms with van der Waals surface area (Å²) in [6.45, 7) is 4.68. The zero-order valence-electron chi connectivity index (χ0n) is 13.2. The predicted octanol–water partition coefficient (Wildman–Crippen LogP) is 4.34. The number of thiol groups is 1. The summed E-state index contributed by atoms with van der Waals surface area (Å²) in [6, 6.07) is 5.78. The minimum atomic E-state index is 0.681. The molecule has 0 aliphatic rings. The second-order valence-electron chi connectivity index (χ2n) is 3.37. The first-order valence-electron chi connectivity index (χ1n) is 6.62. The zero-order valence-corrected chi connectivity index (χ0v) is 14.9. The number of aromatic nitrogens is 1. The first kappa shape index (κ1) is 19.6. The molecule has 2 rings (SSSR count). The van der Waals surface area contributed by atoms with E-state index in [9.17, 15) is 0 Å². The molecule has 21 heavy (non-hydrogen) atoms. The van der Waals surface area contributed by atoms with Crippen molar-refractivity contribution in [3.05, 3.63) is 35.3 Å². The Kier molecular flexibility index (Phi) is 11.5. The van der Waals surface area contributed by atoms with Crippen LogP contribution in [-0.2, 0) is 6.54 Å². The molecule has 1 aromatic carbocycles. The number of methoxy groups -OCH3 is 2. The molecule has 0 bridgehead atoms. The Balaban J connectivity index is 0.000000921. The Morgan fingerprint density at radius 3 is 2.43 bits per heavy atom. The average molecular weight is 329 g/mol. The lowest BCUT2D eigenvalue weighted by Crippen LogP contribution is -2.01. The zero-order chi connectivity index (χ0) is 16.1. The van der Waals surface area contributed by atoms with Crippen LogP contribution < -0.4 is 14.8 Å². The molecule has 1 heterocycles. The molecule has 2 aromatic rings. The van der Waals surface area contributed by atoms with Crippen molar-refractivity contribution in [2.45, 2.75) is 20.4 Å². The molecule has 0 saturated carbocycles. The van der Waals surface area contributed by atoms with Crippen LogP contribution in [0.5, 0.6) is 11.5 Å². The van der Waals surface area contributed by atoms with E-state index in [1.165, 1.54) is 0 Å². The second-order valence-corrected chi connectivity index (χ2v) is 4.26. The molecular formula is C15H24N2O2S2. The molecule has 4 nitrogen and oxygen atoms in total. The van der Waals surface area contributed by atoms with Gasteiger partial charge in [0.2, 0.25) is 0 Å². The third-order valence-electron chi connectivity index (χ3n) is 2.36. The van der Waals surface area contributed by atoms with Crippen LogP contribution in [0.15, 0.2) is 29.8 Å². The number of benzene rings is 1. The molecule has 0 amide bonds. The Morgan fingerprint density at radius 2 is 1.90 bits per heavy atom. The molecule has 0 aliphatic heterocycles. The van der Waals surface area contributed by atoms with Crippen molar-refractivity contribution in [1.29, 1.82) is 0 Å². The number of nitrogens with one attached hydrogen (secondary N) is 1. The topological polar surface area (TPSA) is 43.4 Å². The van der Waals surface area contributed by atoms with Crippen LogP contribution in [0, 0.1) is 0 Å². The Hall–Kier alpha value is -1.40. The summed E-state index contributed by atoms with van der Waals surface area (Å²) in [5.74, 6) is 1.60. The van der Waals surface area contributed by atoms with Crippen molar-refractivity contribution in [2.75, 3.05) is 25.8 Å². The van der Waals surface area contributed by atoms with Crippen molar-refractivity contribution in [2.24, 2.45) is 0 Å². The van der Waals surface area contributed by atoms with Gasteiger partial charge in [-0.25, -0.2) is 4.98 Å². The normalized spacial score (nSPS) is 8.67. The molecule has 0 aliphatic carbocycles. The maximum absolute atomic E-state index is 5.32. The Bertz CT molecular complexity index is 477. The molecule has 1 N–H and O–H groups in total. The van der Waals surface area contributed by atoms with Gasteiger partial charge in [0.05, 0.1) is 14.2 Å². The van der Waals surface area contributed by atoms with Crippen LogP contribution in [0.2, 0.25) is 0 Å². The molecule has 0 spiro atoms. The molecule has 1 aromatic heterocycles. The van der Waals surface area contributed by atoms with Crippen molar-refractivity contribution < 1.29 is 9.47 Å². The summed E-state index contributed by atoms with van der Waals surface area (Å²) < 4.78 is 10.5. The van der Waals surface area contributed by atoms with Gasteiger partial charge in [-0.1, -0.05) is 13.8 Å². The molecule has 0 radical (unpaired) electrons. The second kappa shape index (κ2) is 12.3. The Labute approximate surface area is 136 Å². The number of hydrogen-bond donors (Lipinski definition) is 2. The molecule has 6 heteroatoms. The lowest BCUT2D eigenvalue weighted by Gasteiger charge is -2.10. The van der Waals surface area contributed by atoms with E-state index in [0.29, 0.717) is 6.54 Å². The van der Waals surface area contributed by atoms with Crippen LogP contribution in [0.25, 0.3) is 0 Å². The van der Waals surface area contributed by atoms with Gasteiger partial charge in [0, 0.05) is 29.8 Å². The average Bonchev–Trinajstić information content (AvgIpc) is 3.10. The largest absolute Gasteiger partial charge is 0.497 e. The first-order valence-corrected chi connectivity index (χ1v) is 8.40. The van der Waals surface area contributed by atoms with E-state index in [4.69, 9.17) is 9.47 Å². The summed E-state index contributed by atoms with van der Waals surface area (Å²) in [4.78, 5) is 4.16. The molecule has 0 atom stereocenters. The van der Waals surface area contributed by atoms with Crippen LogP contribution in [-0.4, -0.2) is 25.5 Å². The lowest BCUT2D eigenvalue weighted by atomic mass is 10.2. The third-order valence-corrected chi connectivity index (χ3v) is 3.09. The van der Waals surface area contributed by atoms with Crippen molar-refractivity contribution in [3.63, 3.8) is 0 Å². The van der Waals surface area contributed by atoms with Crippen LogP contribution in [0.1, 0.15) is 19.4 Å². The Morgan fingerprint density at radius 1 is 1.19 bits per heavy atom. The fraction of sp³-hybridized carbons (Fsp3) is 0.400. The van der Waals surface area contributed by atoms with Gasteiger partial charge in [-0.2, -0.15) is 12.6 Å². The van der Waals surface area contributed by atoms with Crippen molar-refractivity contribution in [1.82, 2.24) is 4.98 Å². The predicted molar refractivity (Wildman–Crippen MR) is 95.2 cm³/mol. The lowest BCUT2D eigenvalue weighted by molar-refractivity contribution is 0.391. The summed E-state index contributed by atoms with van der Waals surface area (Å²) in [5.41, 5.74) is 1.07. The van der Waals surface area contributed by atoms with Gasteiger partial charge in [0.15, 0.2) is 5.13 Å². The van der Waals surface area contributed by atoms with Crippen molar-refractivity contribution in [3.8, 4) is 11.5 Å². The van der Waals surface area contributed by atoms with Gasteiger partial charge in [-0.05, 0) is 18.4 Å². The maximum Gasteiger partial charge on any atom is 0.182 e. The quantitative estimate of drug-likeness (QED) is 0.801.